The van der Waals surface area contributed by atoms with Crippen molar-refractivity contribution in [1.82, 2.24) is 0 Å². The van der Waals surface area contributed by atoms with E-state index in [1.807, 2.05) is 6.92 Å². The minimum atomic E-state index is -0.832. The third-order valence-electron chi connectivity index (χ3n) is 8.37. The summed E-state index contributed by atoms with van der Waals surface area (Å²) in [5.74, 6) is 1.13. The van der Waals surface area contributed by atoms with Gasteiger partial charge < -0.3 is 9.84 Å². The van der Waals surface area contributed by atoms with Crippen molar-refractivity contribution < 1.29 is 19.4 Å². The zero-order valence-corrected chi connectivity index (χ0v) is 15.6. The molecule has 1 N–H and O–H groups in total. The summed E-state index contributed by atoms with van der Waals surface area (Å²) in [6, 6.07) is 0. The van der Waals surface area contributed by atoms with Gasteiger partial charge in [0.25, 0.3) is 0 Å². The summed E-state index contributed by atoms with van der Waals surface area (Å²) in [5, 5.41) is 11.6. The Labute approximate surface area is 150 Å². The number of fused-ring (bicyclic) bond motifs is 5. The van der Waals surface area contributed by atoms with Gasteiger partial charge in [0.15, 0.2) is 0 Å². The van der Waals surface area contributed by atoms with E-state index >= 15 is 0 Å². The molecule has 4 heteroatoms. The predicted molar refractivity (Wildman–Crippen MR) is 93.7 cm³/mol. The molecule has 4 aliphatic rings. The van der Waals surface area contributed by atoms with Crippen molar-refractivity contribution in [2.45, 2.75) is 77.4 Å². The molecule has 0 aromatic heterocycles. The number of aliphatic hydroxyl groups is 1. The highest BCUT2D eigenvalue weighted by atomic mass is 16.5. The summed E-state index contributed by atoms with van der Waals surface area (Å²) in [5.41, 5.74) is -1.35. The number of ketones is 1. The lowest BCUT2D eigenvalue weighted by Gasteiger charge is -2.61. The first-order valence-corrected chi connectivity index (χ1v) is 9.83. The van der Waals surface area contributed by atoms with Crippen molar-refractivity contribution >= 4 is 11.8 Å². The monoisotopic (exact) mass is 346 g/mol. The van der Waals surface area contributed by atoms with Crippen LogP contribution in [0.15, 0.2) is 12.2 Å². The summed E-state index contributed by atoms with van der Waals surface area (Å²) < 4.78 is 5.42. The molecule has 0 amide bonds. The van der Waals surface area contributed by atoms with Gasteiger partial charge >= 0.3 is 5.97 Å². The molecular weight excluding hydrogens is 316 g/mol. The van der Waals surface area contributed by atoms with Crippen molar-refractivity contribution in [3.05, 3.63) is 12.2 Å². The minimum Gasteiger partial charge on any atom is -0.458 e. The molecule has 3 saturated carbocycles. The first-order chi connectivity index (χ1) is 11.7. The summed E-state index contributed by atoms with van der Waals surface area (Å²) in [7, 11) is 0. The van der Waals surface area contributed by atoms with E-state index < -0.39 is 11.0 Å². The van der Waals surface area contributed by atoms with Crippen LogP contribution < -0.4 is 0 Å². The standard InChI is InChI=1S/C21H30O4/c1-13(22)25-15-6-9-19(2)14(12-15)4-5-17-16(19)7-10-20(3)18(23)8-11-21(17,20)24/h6,9,14-17,24H,4-5,7-8,10-12H2,1-3H3/t14?,15?,16?,17?,19-,20+,21?/m0/s1. The molecule has 0 saturated heterocycles. The van der Waals surface area contributed by atoms with Crippen LogP contribution in [0.3, 0.4) is 0 Å². The van der Waals surface area contributed by atoms with E-state index in [1.165, 1.54) is 6.92 Å². The predicted octanol–water partition coefficient (Wildman–Crippen LogP) is 3.42. The lowest BCUT2D eigenvalue weighted by molar-refractivity contribution is -0.189. The van der Waals surface area contributed by atoms with Crippen LogP contribution in [0.1, 0.15) is 65.7 Å². The summed E-state index contributed by atoms with van der Waals surface area (Å²) in [6.45, 7) is 5.78. The molecule has 7 atom stereocenters. The quantitative estimate of drug-likeness (QED) is 0.584. The average Bonchev–Trinajstić information content (AvgIpc) is 2.79. The third kappa shape index (κ3) is 2.22. The Morgan fingerprint density at radius 3 is 2.68 bits per heavy atom. The van der Waals surface area contributed by atoms with Crippen LogP contribution in [0.5, 0.6) is 0 Å². The summed E-state index contributed by atoms with van der Waals surface area (Å²) in [4.78, 5) is 23.8. The summed E-state index contributed by atoms with van der Waals surface area (Å²) in [6.07, 6.45) is 10.0. The molecule has 3 fully saturated rings. The van der Waals surface area contributed by atoms with Crippen molar-refractivity contribution in [1.29, 1.82) is 0 Å². The second-order valence-corrected chi connectivity index (χ2v) is 9.31. The molecule has 0 radical (unpaired) electrons. The highest BCUT2D eigenvalue weighted by Gasteiger charge is 2.67. The Hall–Kier alpha value is -1.16. The number of allylic oxidation sites excluding steroid dienone is 1. The number of esters is 1. The smallest absolute Gasteiger partial charge is 0.303 e. The fourth-order valence-corrected chi connectivity index (χ4v) is 6.81. The second-order valence-electron chi connectivity index (χ2n) is 9.31. The summed E-state index contributed by atoms with van der Waals surface area (Å²) >= 11 is 0. The van der Waals surface area contributed by atoms with E-state index in [-0.39, 0.29) is 29.2 Å². The molecule has 138 valence electrons. The Balaban J connectivity index is 1.65. The van der Waals surface area contributed by atoms with Gasteiger partial charge in [0, 0.05) is 13.3 Å². The van der Waals surface area contributed by atoms with Crippen LogP contribution in [0.25, 0.3) is 0 Å². The first kappa shape index (κ1) is 17.3. The second kappa shape index (κ2) is 5.42. The van der Waals surface area contributed by atoms with Crippen molar-refractivity contribution in [2.24, 2.45) is 28.6 Å². The number of carbonyl (C=O) groups excluding carboxylic acids is 2. The van der Waals surface area contributed by atoms with Gasteiger partial charge in [-0.1, -0.05) is 13.0 Å². The van der Waals surface area contributed by atoms with Gasteiger partial charge in [0.1, 0.15) is 11.9 Å². The van der Waals surface area contributed by atoms with E-state index in [4.69, 9.17) is 4.74 Å². The Bertz CT molecular complexity index is 640. The van der Waals surface area contributed by atoms with Gasteiger partial charge in [-0.2, -0.15) is 0 Å². The maximum atomic E-state index is 12.5. The van der Waals surface area contributed by atoms with Gasteiger partial charge in [0.2, 0.25) is 0 Å². The van der Waals surface area contributed by atoms with Crippen LogP contribution in [0.4, 0.5) is 0 Å². The van der Waals surface area contributed by atoms with Crippen LogP contribution >= 0.6 is 0 Å². The minimum absolute atomic E-state index is 0.0300. The van der Waals surface area contributed by atoms with Crippen LogP contribution in [0, 0.1) is 28.6 Å². The SMILES string of the molecule is CC(=O)OC1C=C[C@@]2(C)C(CCC3C2CC[C@]2(C)C(=O)CCC32O)C1. The van der Waals surface area contributed by atoms with E-state index in [1.54, 1.807) is 0 Å². The van der Waals surface area contributed by atoms with E-state index in [0.717, 1.165) is 32.1 Å². The number of hydrogen-bond acceptors (Lipinski definition) is 4. The molecule has 0 aliphatic heterocycles. The topological polar surface area (TPSA) is 63.6 Å². The van der Waals surface area contributed by atoms with Crippen LogP contribution in [-0.4, -0.2) is 28.6 Å². The van der Waals surface area contributed by atoms with Gasteiger partial charge in [0.05, 0.1) is 11.0 Å². The van der Waals surface area contributed by atoms with Crippen molar-refractivity contribution in [3.63, 3.8) is 0 Å². The lowest BCUT2D eigenvalue weighted by atomic mass is 9.45. The van der Waals surface area contributed by atoms with E-state index in [0.29, 0.717) is 24.7 Å². The fraction of sp³-hybridized carbons (Fsp3) is 0.810. The average molecular weight is 346 g/mol. The molecule has 0 bridgehead atoms. The van der Waals surface area contributed by atoms with Gasteiger partial charge in [-0.15, -0.1) is 0 Å². The zero-order chi connectivity index (χ0) is 18.0. The number of Topliss-reactive ketones (excluding diaryl/α,β-unsaturated/α-hetero) is 1. The maximum Gasteiger partial charge on any atom is 0.303 e. The number of hydrogen-bond donors (Lipinski definition) is 1. The highest BCUT2D eigenvalue weighted by Crippen LogP contribution is 2.66. The molecule has 4 aliphatic carbocycles. The number of rotatable bonds is 1. The molecule has 0 aromatic carbocycles. The van der Waals surface area contributed by atoms with Gasteiger partial charge in [-0.25, -0.2) is 0 Å². The van der Waals surface area contributed by atoms with E-state index in [9.17, 15) is 14.7 Å². The molecule has 4 rings (SSSR count). The van der Waals surface area contributed by atoms with Crippen molar-refractivity contribution in [3.8, 4) is 0 Å². The van der Waals surface area contributed by atoms with Gasteiger partial charge in [-0.3, -0.25) is 9.59 Å². The molecule has 4 nitrogen and oxygen atoms in total. The largest absolute Gasteiger partial charge is 0.458 e. The van der Waals surface area contributed by atoms with E-state index in [2.05, 4.69) is 19.1 Å². The molecule has 5 unspecified atom stereocenters. The zero-order valence-electron chi connectivity index (χ0n) is 15.6. The number of carbonyl (C=O) groups is 2. The first-order valence-electron chi connectivity index (χ1n) is 9.83. The maximum absolute atomic E-state index is 12.5. The Morgan fingerprint density at radius 1 is 1.20 bits per heavy atom. The third-order valence-corrected chi connectivity index (χ3v) is 8.37. The lowest BCUT2D eigenvalue weighted by Crippen LogP contribution is -2.61. The molecule has 0 spiro atoms. The fourth-order valence-electron chi connectivity index (χ4n) is 6.81. The van der Waals surface area contributed by atoms with Crippen molar-refractivity contribution in [2.75, 3.05) is 0 Å². The Morgan fingerprint density at radius 2 is 1.96 bits per heavy atom. The van der Waals surface area contributed by atoms with Gasteiger partial charge in [-0.05, 0) is 74.7 Å². The van der Waals surface area contributed by atoms with Crippen LogP contribution in [-0.2, 0) is 14.3 Å². The Kier molecular flexibility index (Phi) is 3.74. The highest BCUT2D eigenvalue weighted by molar-refractivity contribution is 5.88. The number of ether oxygens (including phenoxy) is 1. The van der Waals surface area contributed by atoms with Crippen LogP contribution in [0.2, 0.25) is 0 Å². The molecular formula is C21H30O4. The normalized spacial score (nSPS) is 51.4. The molecule has 0 aromatic rings. The molecule has 25 heavy (non-hydrogen) atoms. The molecule has 0 heterocycles.